The zero-order valence-electron chi connectivity index (χ0n) is 7.55. The summed E-state index contributed by atoms with van der Waals surface area (Å²) in [5.41, 5.74) is 0.777. The number of hydrogen-bond acceptors (Lipinski definition) is 4. The number of aromatic hydroxyl groups is 1. The maximum absolute atomic E-state index is 9.81. The van der Waals surface area contributed by atoms with E-state index in [1.165, 1.54) is 0 Å². The number of rotatable bonds is 5. The Morgan fingerprint density at radius 3 is 2.79 bits per heavy atom. The first kappa shape index (κ1) is 10.3. The topological polar surface area (TPSA) is 72.6 Å². The largest absolute Gasteiger partial charge is 0.508 e. The molecule has 0 amide bonds. The predicted molar refractivity (Wildman–Crippen MR) is 49.4 cm³/mol. The van der Waals surface area contributed by atoms with Crippen molar-refractivity contribution < 1.29 is 15.0 Å². The van der Waals surface area contributed by atoms with Crippen molar-refractivity contribution in [2.45, 2.75) is 12.8 Å². The Morgan fingerprint density at radius 2 is 2.14 bits per heavy atom. The van der Waals surface area contributed by atoms with E-state index in [0.717, 1.165) is 5.56 Å². The molecule has 1 rings (SSSR count). The highest BCUT2D eigenvalue weighted by Gasteiger charge is 2.00. The highest BCUT2D eigenvalue weighted by Crippen LogP contribution is 2.16. The minimum absolute atomic E-state index is 0.0569. The van der Waals surface area contributed by atoms with Crippen molar-refractivity contribution in [1.82, 2.24) is 0 Å². The van der Waals surface area contributed by atoms with Gasteiger partial charge in [0.05, 0.1) is 6.61 Å². The normalized spacial score (nSPS) is 9.71. The molecule has 0 atom stereocenters. The summed E-state index contributed by atoms with van der Waals surface area (Å²) >= 11 is 0. The Balaban J connectivity index is 2.31. The fraction of sp³-hybridized carbons (Fsp3) is 0.333. The smallest absolute Gasteiger partial charge is 0.294 e. The monoisotopic (exact) mass is 197 g/mol. The molecule has 0 unspecified atom stereocenters. The van der Waals surface area contributed by atoms with Gasteiger partial charge in [0.25, 0.3) is 5.09 Å². The third kappa shape index (κ3) is 3.30. The Hall–Kier alpha value is -1.78. The van der Waals surface area contributed by atoms with E-state index in [4.69, 9.17) is 0 Å². The molecule has 1 aromatic rings. The molecular formula is C9H11NO4. The van der Waals surface area contributed by atoms with E-state index in [9.17, 15) is 15.2 Å². The van der Waals surface area contributed by atoms with E-state index in [1.54, 1.807) is 18.2 Å². The van der Waals surface area contributed by atoms with Crippen LogP contribution in [0.4, 0.5) is 0 Å². The number of phenols is 1. The summed E-state index contributed by atoms with van der Waals surface area (Å²) in [7, 11) is 0. The second-order valence-electron chi connectivity index (χ2n) is 2.79. The van der Waals surface area contributed by atoms with Crippen molar-refractivity contribution in [3.8, 4) is 5.75 Å². The van der Waals surface area contributed by atoms with E-state index in [-0.39, 0.29) is 12.4 Å². The van der Waals surface area contributed by atoms with Crippen LogP contribution in [0.25, 0.3) is 0 Å². The predicted octanol–water partition coefficient (Wildman–Crippen LogP) is 1.53. The van der Waals surface area contributed by atoms with Crippen molar-refractivity contribution in [1.29, 1.82) is 0 Å². The lowest BCUT2D eigenvalue weighted by molar-refractivity contribution is -0.757. The molecule has 0 aromatic heterocycles. The molecule has 0 saturated heterocycles. The first-order valence-electron chi connectivity index (χ1n) is 4.24. The van der Waals surface area contributed by atoms with Crippen molar-refractivity contribution in [3.63, 3.8) is 0 Å². The Labute approximate surface area is 81.0 Å². The molecule has 14 heavy (non-hydrogen) atoms. The third-order valence-electron chi connectivity index (χ3n) is 1.78. The fourth-order valence-electron chi connectivity index (χ4n) is 1.12. The molecule has 0 fully saturated rings. The molecule has 0 bridgehead atoms. The van der Waals surface area contributed by atoms with Crippen LogP contribution in [0.15, 0.2) is 24.3 Å². The van der Waals surface area contributed by atoms with Gasteiger partial charge in [-0.05, 0) is 24.5 Å². The SMILES string of the molecule is O=[N+]([O-])OCCCc1ccccc1O. The third-order valence-corrected chi connectivity index (χ3v) is 1.78. The maximum Gasteiger partial charge on any atom is 0.294 e. The van der Waals surface area contributed by atoms with Gasteiger partial charge in [-0.15, -0.1) is 10.1 Å². The van der Waals surface area contributed by atoms with E-state index >= 15 is 0 Å². The zero-order chi connectivity index (χ0) is 10.4. The Morgan fingerprint density at radius 1 is 1.43 bits per heavy atom. The quantitative estimate of drug-likeness (QED) is 0.441. The molecular weight excluding hydrogens is 186 g/mol. The molecule has 0 aliphatic heterocycles. The molecule has 1 aromatic carbocycles. The highest BCUT2D eigenvalue weighted by molar-refractivity contribution is 5.31. The average Bonchev–Trinajstić information content (AvgIpc) is 2.15. The summed E-state index contributed by atoms with van der Waals surface area (Å²) in [5.74, 6) is 0.216. The van der Waals surface area contributed by atoms with Gasteiger partial charge in [0, 0.05) is 0 Å². The number of nitrogens with zero attached hydrogens (tertiary/aromatic N) is 1. The molecule has 0 spiro atoms. The van der Waals surface area contributed by atoms with Gasteiger partial charge in [-0.3, -0.25) is 0 Å². The second kappa shape index (κ2) is 5.06. The van der Waals surface area contributed by atoms with Crippen LogP contribution in [-0.4, -0.2) is 16.8 Å². The lowest BCUT2D eigenvalue weighted by Crippen LogP contribution is -2.03. The van der Waals surface area contributed by atoms with E-state index in [2.05, 4.69) is 4.84 Å². The molecule has 5 heteroatoms. The number of phenolic OH excluding ortho intramolecular Hbond substituents is 1. The number of hydrogen-bond donors (Lipinski definition) is 1. The fourth-order valence-corrected chi connectivity index (χ4v) is 1.12. The van der Waals surface area contributed by atoms with Crippen molar-refractivity contribution in [2.75, 3.05) is 6.61 Å². The number of para-hydroxylation sites is 1. The van der Waals surface area contributed by atoms with Crippen LogP contribution in [0.1, 0.15) is 12.0 Å². The highest BCUT2D eigenvalue weighted by atomic mass is 16.9. The first-order valence-corrected chi connectivity index (χ1v) is 4.24. The van der Waals surface area contributed by atoms with Crippen LogP contribution in [0.2, 0.25) is 0 Å². The van der Waals surface area contributed by atoms with Crippen LogP contribution in [0.3, 0.4) is 0 Å². The van der Waals surface area contributed by atoms with Crippen molar-refractivity contribution in [2.24, 2.45) is 0 Å². The van der Waals surface area contributed by atoms with Crippen molar-refractivity contribution in [3.05, 3.63) is 39.9 Å². The molecule has 1 N–H and O–H groups in total. The van der Waals surface area contributed by atoms with Crippen LogP contribution in [0.5, 0.6) is 5.75 Å². The van der Waals surface area contributed by atoms with Gasteiger partial charge in [0.1, 0.15) is 5.75 Å². The summed E-state index contributed by atoms with van der Waals surface area (Å²) in [5, 5.41) is 18.3. The standard InChI is InChI=1S/C9H11NO4/c11-9-6-2-1-4-8(9)5-3-7-14-10(12)13/h1-2,4,6,11H,3,5,7H2. The van der Waals surface area contributed by atoms with E-state index in [1.807, 2.05) is 6.07 Å². The summed E-state index contributed by atoms with van der Waals surface area (Å²) in [6.45, 7) is 0.0569. The summed E-state index contributed by atoms with van der Waals surface area (Å²) in [4.78, 5) is 14.0. The molecule has 0 heterocycles. The minimum Gasteiger partial charge on any atom is -0.508 e. The molecule has 0 radical (unpaired) electrons. The Kier molecular flexibility index (Phi) is 3.72. The van der Waals surface area contributed by atoms with Gasteiger partial charge in [0.15, 0.2) is 0 Å². The molecule has 5 nitrogen and oxygen atoms in total. The van der Waals surface area contributed by atoms with Gasteiger partial charge in [-0.1, -0.05) is 18.2 Å². The lowest BCUT2D eigenvalue weighted by Gasteiger charge is -2.02. The lowest BCUT2D eigenvalue weighted by atomic mass is 10.1. The minimum atomic E-state index is -0.815. The van der Waals surface area contributed by atoms with Crippen LogP contribution < -0.4 is 0 Å². The van der Waals surface area contributed by atoms with Gasteiger partial charge in [-0.2, -0.15) is 0 Å². The average molecular weight is 197 g/mol. The van der Waals surface area contributed by atoms with Crippen molar-refractivity contribution >= 4 is 0 Å². The van der Waals surface area contributed by atoms with E-state index < -0.39 is 5.09 Å². The molecule has 0 aliphatic rings. The summed E-state index contributed by atoms with van der Waals surface area (Å²) < 4.78 is 0. The zero-order valence-corrected chi connectivity index (χ0v) is 7.55. The summed E-state index contributed by atoms with van der Waals surface area (Å²) in [6.07, 6.45) is 1.08. The second-order valence-corrected chi connectivity index (χ2v) is 2.79. The molecule has 0 aliphatic carbocycles. The number of benzene rings is 1. The first-order chi connectivity index (χ1) is 6.70. The van der Waals surface area contributed by atoms with E-state index in [0.29, 0.717) is 12.8 Å². The van der Waals surface area contributed by atoms with Crippen LogP contribution in [-0.2, 0) is 11.3 Å². The van der Waals surface area contributed by atoms with Gasteiger partial charge >= 0.3 is 0 Å². The Bertz CT molecular complexity index is 313. The molecule has 76 valence electrons. The van der Waals surface area contributed by atoms with Crippen LogP contribution >= 0.6 is 0 Å². The summed E-state index contributed by atoms with van der Waals surface area (Å²) in [6, 6.07) is 6.90. The number of aryl methyl sites for hydroxylation is 1. The van der Waals surface area contributed by atoms with Gasteiger partial charge in [-0.25, -0.2) is 0 Å². The van der Waals surface area contributed by atoms with Gasteiger partial charge in [0.2, 0.25) is 0 Å². The molecule has 0 saturated carbocycles. The van der Waals surface area contributed by atoms with Crippen LogP contribution in [0, 0.1) is 10.1 Å². The maximum atomic E-state index is 9.81. The van der Waals surface area contributed by atoms with Gasteiger partial charge < -0.3 is 9.94 Å².